The van der Waals surface area contributed by atoms with Gasteiger partial charge in [-0.1, -0.05) is 0 Å². The van der Waals surface area contributed by atoms with E-state index < -0.39 is 11.9 Å². The van der Waals surface area contributed by atoms with Crippen molar-refractivity contribution in [2.75, 3.05) is 0 Å². The van der Waals surface area contributed by atoms with Crippen molar-refractivity contribution in [1.82, 2.24) is 0 Å². The van der Waals surface area contributed by atoms with E-state index in [1.165, 1.54) is 12.1 Å². The zero-order chi connectivity index (χ0) is 10.9. The highest BCUT2D eigenvalue weighted by Gasteiger charge is 2.06. The number of hydrogen-bond acceptors (Lipinski definition) is 4. The predicted octanol–water partition coefficient (Wildman–Crippen LogP) is -0.970. The van der Waals surface area contributed by atoms with Gasteiger partial charge in [-0.05, 0) is 37.1 Å². The highest BCUT2D eigenvalue weighted by atomic mass is 16.4. The molecule has 0 fully saturated rings. The molecule has 0 aliphatic heterocycles. The normalized spacial score (nSPS) is 9.86. The van der Waals surface area contributed by atoms with Crippen LogP contribution in [0.1, 0.15) is 31.8 Å². The Kier molecular flexibility index (Phi) is 2.56. The van der Waals surface area contributed by atoms with E-state index in [9.17, 15) is 19.8 Å². The Morgan fingerprint density at radius 1 is 0.929 bits per heavy atom. The third-order valence-corrected chi connectivity index (χ3v) is 2.07. The number of hydrogen-bond donors (Lipinski definition) is 0. The van der Waals surface area contributed by atoms with Crippen LogP contribution in [0.4, 0.5) is 0 Å². The first-order valence-electron chi connectivity index (χ1n) is 3.97. The van der Waals surface area contributed by atoms with Crippen LogP contribution in [-0.2, 0) is 0 Å². The van der Waals surface area contributed by atoms with Gasteiger partial charge in [-0.25, -0.2) is 0 Å². The van der Waals surface area contributed by atoms with Crippen LogP contribution in [0.25, 0.3) is 0 Å². The lowest BCUT2D eigenvalue weighted by Crippen LogP contribution is -2.30. The molecule has 0 saturated heterocycles. The van der Waals surface area contributed by atoms with Gasteiger partial charge in [0, 0.05) is 11.1 Å². The second-order valence-electron chi connectivity index (χ2n) is 3.06. The van der Waals surface area contributed by atoms with Gasteiger partial charge in [0.1, 0.15) is 0 Å². The Morgan fingerprint density at radius 2 is 1.21 bits per heavy atom. The molecule has 0 saturated carbocycles. The molecule has 0 atom stereocenters. The molecule has 0 radical (unpaired) electrons. The van der Waals surface area contributed by atoms with Crippen LogP contribution in [-0.4, -0.2) is 11.9 Å². The summed E-state index contributed by atoms with van der Waals surface area (Å²) in [5, 5.41) is 21.2. The maximum absolute atomic E-state index is 10.6. The first-order chi connectivity index (χ1) is 6.43. The molecule has 0 spiro atoms. The van der Waals surface area contributed by atoms with Crippen LogP contribution >= 0.6 is 0 Å². The van der Waals surface area contributed by atoms with E-state index in [2.05, 4.69) is 0 Å². The fourth-order valence-corrected chi connectivity index (χ4v) is 1.15. The molecule has 14 heavy (non-hydrogen) atoms. The topological polar surface area (TPSA) is 80.3 Å². The summed E-state index contributed by atoms with van der Waals surface area (Å²) in [6, 6.07) is 2.55. The highest BCUT2D eigenvalue weighted by Crippen LogP contribution is 2.14. The summed E-state index contributed by atoms with van der Waals surface area (Å²) in [6.45, 7) is 3.39. The first-order valence-corrected chi connectivity index (χ1v) is 3.97. The molecule has 1 aromatic carbocycles. The van der Waals surface area contributed by atoms with Gasteiger partial charge in [-0.15, -0.1) is 0 Å². The second kappa shape index (κ2) is 3.49. The molecule has 0 heterocycles. The lowest BCUT2D eigenvalue weighted by Gasteiger charge is -2.13. The Balaban J connectivity index is 3.46. The van der Waals surface area contributed by atoms with Crippen LogP contribution in [0.15, 0.2) is 12.1 Å². The summed E-state index contributed by atoms with van der Waals surface area (Å²) >= 11 is 0. The van der Waals surface area contributed by atoms with E-state index in [-0.39, 0.29) is 11.1 Å². The molecule has 4 nitrogen and oxygen atoms in total. The van der Waals surface area contributed by atoms with Crippen molar-refractivity contribution in [3.05, 3.63) is 34.4 Å². The first kappa shape index (κ1) is 10.2. The summed E-state index contributed by atoms with van der Waals surface area (Å²) in [6.07, 6.45) is 0. The molecule has 0 amide bonds. The molecule has 0 aliphatic rings. The van der Waals surface area contributed by atoms with Crippen molar-refractivity contribution in [2.45, 2.75) is 13.8 Å². The monoisotopic (exact) mass is 192 g/mol. The van der Waals surface area contributed by atoms with Crippen LogP contribution < -0.4 is 10.2 Å². The Morgan fingerprint density at radius 3 is 1.43 bits per heavy atom. The van der Waals surface area contributed by atoms with Gasteiger partial charge in [-0.2, -0.15) is 0 Å². The molecule has 1 aromatic rings. The van der Waals surface area contributed by atoms with E-state index in [4.69, 9.17) is 0 Å². The van der Waals surface area contributed by atoms with Crippen LogP contribution in [0.5, 0.6) is 0 Å². The van der Waals surface area contributed by atoms with Gasteiger partial charge in [0.05, 0.1) is 11.9 Å². The fraction of sp³-hybridized carbons (Fsp3) is 0.200. The molecule has 0 aliphatic carbocycles. The molecule has 0 bridgehead atoms. The van der Waals surface area contributed by atoms with Gasteiger partial charge in [0.2, 0.25) is 0 Å². The third kappa shape index (κ3) is 1.74. The van der Waals surface area contributed by atoms with Crippen molar-refractivity contribution in [3.8, 4) is 0 Å². The van der Waals surface area contributed by atoms with Crippen LogP contribution in [0, 0.1) is 13.8 Å². The van der Waals surface area contributed by atoms with Gasteiger partial charge in [0.25, 0.3) is 0 Å². The molecule has 0 N–H and O–H groups in total. The Hall–Kier alpha value is -1.84. The molecular formula is C10H8O4-2. The average Bonchev–Trinajstić information content (AvgIpc) is 2.08. The summed E-state index contributed by atoms with van der Waals surface area (Å²) in [5.41, 5.74) is 0.726. The number of benzene rings is 1. The number of rotatable bonds is 2. The quantitative estimate of drug-likeness (QED) is 0.603. The standard InChI is InChI=1S/C10H10O4/c1-5-3-7(9(11)12)8(10(13)14)4-6(5)2/h3-4H,1-2H3,(H,11,12)(H,13,14)/p-2. The van der Waals surface area contributed by atoms with Crippen LogP contribution in [0.3, 0.4) is 0 Å². The van der Waals surface area contributed by atoms with E-state index in [0.29, 0.717) is 11.1 Å². The number of carboxylic acid groups (broad SMARTS) is 2. The van der Waals surface area contributed by atoms with Crippen LogP contribution in [0.2, 0.25) is 0 Å². The maximum Gasteiger partial charge on any atom is 0.0722 e. The predicted molar refractivity (Wildman–Crippen MR) is 44.6 cm³/mol. The Bertz CT molecular complexity index is 368. The number of carbonyl (C=O) groups is 2. The van der Waals surface area contributed by atoms with E-state index in [1.54, 1.807) is 13.8 Å². The fourth-order valence-electron chi connectivity index (χ4n) is 1.15. The Labute approximate surface area is 80.8 Å². The minimum absolute atomic E-state index is 0.340. The highest BCUT2D eigenvalue weighted by molar-refractivity contribution is 6.00. The number of carbonyl (C=O) groups excluding carboxylic acids is 2. The lowest BCUT2D eigenvalue weighted by atomic mass is 10.00. The van der Waals surface area contributed by atoms with Crippen molar-refractivity contribution in [2.24, 2.45) is 0 Å². The van der Waals surface area contributed by atoms with Gasteiger partial charge >= 0.3 is 0 Å². The maximum atomic E-state index is 10.6. The minimum atomic E-state index is -1.51. The zero-order valence-corrected chi connectivity index (χ0v) is 7.79. The number of aromatic carboxylic acids is 2. The van der Waals surface area contributed by atoms with Gasteiger partial charge < -0.3 is 19.8 Å². The van der Waals surface area contributed by atoms with Gasteiger partial charge in [0.15, 0.2) is 0 Å². The molecule has 4 heteroatoms. The van der Waals surface area contributed by atoms with Crippen molar-refractivity contribution in [1.29, 1.82) is 0 Å². The second-order valence-corrected chi connectivity index (χ2v) is 3.06. The summed E-state index contributed by atoms with van der Waals surface area (Å²) in [5.74, 6) is -3.01. The van der Waals surface area contributed by atoms with E-state index >= 15 is 0 Å². The van der Waals surface area contributed by atoms with Crippen molar-refractivity contribution in [3.63, 3.8) is 0 Å². The van der Waals surface area contributed by atoms with E-state index in [1.807, 2.05) is 0 Å². The molecular weight excluding hydrogens is 184 g/mol. The minimum Gasteiger partial charge on any atom is -0.545 e. The van der Waals surface area contributed by atoms with Crippen molar-refractivity contribution >= 4 is 11.9 Å². The molecule has 0 aromatic heterocycles. The summed E-state index contributed by atoms with van der Waals surface area (Å²) in [4.78, 5) is 21.2. The summed E-state index contributed by atoms with van der Waals surface area (Å²) < 4.78 is 0. The molecule has 74 valence electrons. The molecule has 1 rings (SSSR count). The zero-order valence-electron chi connectivity index (χ0n) is 7.79. The SMILES string of the molecule is Cc1cc(C(=O)[O-])c(C(=O)[O-])cc1C. The number of carboxylic acids is 2. The average molecular weight is 192 g/mol. The lowest BCUT2D eigenvalue weighted by molar-refractivity contribution is -0.259. The molecule has 0 unspecified atom stereocenters. The largest absolute Gasteiger partial charge is 0.545 e. The number of aryl methyl sites for hydroxylation is 2. The van der Waals surface area contributed by atoms with Crippen molar-refractivity contribution < 1.29 is 19.8 Å². The van der Waals surface area contributed by atoms with Gasteiger partial charge in [-0.3, -0.25) is 0 Å². The summed E-state index contributed by atoms with van der Waals surface area (Å²) in [7, 11) is 0. The smallest absolute Gasteiger partial charge is 0.0722 e. The third-order valence-electron chi connectivity index (χ3n) is 2.07. The van der Waals surface area contributed by atoms with E-state index in [0.717, 1.165) is 0 Å².